The monoisotopic (exact) mass is 302 g/mol. The van der Waals surface area contributed by atoms with E-state index in [9.17, 15) is 0 Å². The number of hydrogen-bond donors (Lipinski definition) is 1. The Hall–Kier alpha value is -0.0900. The van der Waals surface area contributed by atoms with Gasteiger partial charge in [-0.15, -0.1) is 0 Å². The van der Waals surface area contributed by atoms with Gasteiger partial charge in [-0.05, 0) is 40.5 Å². The Labute approximate surface area is 110 Å². The highest BCUT2D eigenvalue weighted by Crippen LogP contribution is 2.23. The van der Waals surface area contributed by atoms with Gasteiger partial charge in [-0.1, -0.05) is 17.7 Å². The average molecular weight is 304 g/mol. The van der Waals surface area contributed by atoms with Crippen molar-refractivity contribution in [3.63, 3.8) is 0 Å². The Morgan fingerprint density at radius 1 is 1.56 bits per heavy atom. The van der Waals surface area contributed by atoms with E-state index in [1.807, 2.05) is 6.07 Å². The number of rotatable bonds is 2. The van der Waals surface area contributed by atoms with Crippen molar-refractivity contribution in [2.45, 2.75) is 19.5 Å². The number of piperazine rings is 1. The van der Waals surface area contributed by atoms with Crippen molar-refractivity contribution in [3.8, 4) is 0 Å². The minimum atomic E-state index is 0.587. The molecule has 0 saturated carbocycles. The maximum atomic E-state index is 5.98. The minimum Gasteiger partial charge on any atom is -0.312 e. The van der Waals surface area contributed by atoms with Crippen LogP contribution in [0.25, 0.3) is 0 Å². The Kier molecular flexibility index (Phi) is 4.25. The summed E-state index contributed by atoms with van der Waals surface area (Å²) in [5.41, 5.74) is 1.31. The summed E-state index contributed by atoms with van der Waals surface area (Å²) < 4.78 is 0.981. The summed E-state index contributed by atoms with van der Waals surface area (Å²) in [4.78, 5) is 2.47. The van der Waals surface area contributed by atoms with Crippen molar-refractivity contribution in [3.05, 3.63) is 33.3 Å². The highest BCUT2D eigenvalue weighted by atomic mass is 79.9. The first-order valence-corrected chi connectivity index (χ1v) is 6.72. The zero-order valence-corrected chi connectivity index (χ0v) is 11.7. The quantitative estimate of drug-likeness (QED) is 0.904. The van der Waals surface area contributed by atoms with Gasteiger partial charge in [0.2, 0.25) is 0 Å². The normalized spacial score (nSPS) is 22.3. The van der Waals surface area contributed by atoms with E-state index < -0.39 is 0 Å². The summed E-state index contributed by atoms with van der Waals surface area (Å²) in [6.07, 6.45) is 0. The second-order valence-electron chi connectivity index (χ2n) is 4.34. The predicted molar refractivity (Wildman–Crippen MR) is 71.9 cm³/mol. The summed E-state index contributed by atoms with van der Waals surface area (Å²) in [6, 6.07) is 6.74. The first-order valence-electron chi connectivity index (χ1n) is 5.55. The van der Waals surface area contributed by atoms with Crippen LogP contribution in [0.15, 0.2) is 22.7 Å². The predicted octanol–water partition coefficient (Wildman–Crippen LogP) is 2.90. The van der Waals surface area contributed by atoms with Gasteiger partial charge in [-0.2, -0.15) is 0 Å². The molecule has 0 aliphatic carbocycles. The Morgan fingerprint density at radius 2 is 2.38 bits per heavy atom. The topological polar surface area (TPSA) is 15.3 Å². The van der Waals surface area contributed by atoms with Gasteiger partial charge < -0.3 is 5.32 Å². The molecule has 0 radical (unpaired) electrons. The first kappa shape index (κ1) is 12.4. The molecule has 1 aliphatic heterocycles. The van der Waals surface area contributed by atoms with Gasteiger partial charge in [0, 0.05) is 36.7 Å². The smallest absolute Gasteiger partial charge is 0.0548 e. The van der Waals surface area contributed by atoms with E-state index in [2.05, 4.69) is 45.2 Å². The standard InChI is InChI=1S/C12H16BrClN2/c1-9-7-16(5-4-15-9)8-10-2-3-12(14)11(13)6-10/h2-3,6,9,15H,4-5,7-8H2,1H3/t9-/m0/s1. The summed E-state index contributed by atoms with van der Waals surface area (Å²) in [5.74, 6) is 0. The van der Waals surface area contributed by atoms with E-state index in [0.717, 1.165) is 35.7 Å². The van der Waals surface area contributed by atoms with Crippen LogP contribution >= 0.6 is 27.5 Å². The summed E-state index contributed by atoms with van der Waals surface area (Å²) >= 11 is 9.44. The molecule has 0 spiro atoms. The van der Waals surface area contributed by atoms with Gasteiger partial charge in [0.1, 0.15) is 0 Å². The highest BCUT2D eigenvalue weighted by Gasteiger charge is 2.15. The Morgan fingerprint density at radius 3 is 3.06 bits per heavy atom. The molecule has 1 aromatic carbocycles. The van der Waals surface area contributed by atoms with Gasteiger partial charge in [-0.3, -0.25) is 4.90 Å². The summed E-state index contributed by atoms with van der Waals surface area (Å²) in [7, 11) is 0. The molecule has 16 heavy (non-hydrogen) atoms. The minimum absolute atomic E-state index is 0.587. The highest BCUT2D eigenvalue weighted by molar-refractivity contribution is 9.10. The van der Waals surface area contributed by atoms with Crippen molar-refractivity contribution < 1.29 is 0 Å². The van der Waals surface area contributed by atoms with Crippen molar-refractivity contribution in [2.75, 3.05) is 19.6 Å². The Balaban J connectivity index is 2.00. The molecule has 0 bridgehead atoms. The van der Waals surface area contributed by atoms with Crippen LogP contribution in [0.4, 0.5) is 0 Å². The van der Waals surface area contributed by atoms with Gasteiger partial charge >= 0.3 is 0 Å². The van der Waals surface area contributed by atoms with Gasteiger partial charge in [0.25, 0.3) is 0 Å². The molecule has 0 aromatic heterocycles. The maximum Gasteiger partial charge on any atom is 0.0548 e. The zero-order valence-electron chi connectivity index (χ0n) is 9.34. The van der Waals surface area contributed by atoms with Crippen molar-refractivity contribution >= 4 is 27.5 Å². The number of nitrogens with zero attached hydrogens (tertiary/aromatic N) is 1. The number of benzene rings is 1. The summed E-state index contributed by atoms with van der Waals surface area (Å²) in [6.45, 7) is 6.53. The van der Waals surface area contributed by atoms with Crippen LogP contribution < -0.4 is 5.32 Å². The third-order valence-electron chi connectivity index (χ3n) is 2.84. The van der Waals surface area contributed by atoms with Crippen LogP contribution in [0.2, 0.25) is 5.02 Å². The van der Waals surface area contributed by atoms with Crippen LogP contribution in [0.1, 0.15) is 12.5 Å². The van der Waals surface area contributed by atoms with Gasteiger partial charge in [-0.25, -0.2) is 0 Å². The van der Waals surface area contributed by atoms with Gasteiger partial charge in [0.05, 0.1) is 5.02 Å². The fraction of sp³-hybridized carbons (Fsp3) is 0.500. The fourth-order valence-electron chi connectivity index (χ4n) is 2.05. The Bertz CT molecular complexity index is 370. The van der Waals surface area contributed by atoms with Crippen LogP contribution in [0.5, 0.6) is 0 Å². The second-order valence-corrected chi connectivity index (χ2v) is 5.60. The second kappa shape index (κ2) is 5.50. The van der Waals surface area contributed by atoms with Crippen LogP contribution in [-0.2, 0) is 6.54 Å². The van der Waals surface area contributed by atoms with E-state index >= 15 is 0 Å². The summed E-state index contributed by atoms with van der Waals surface area (Å²) in [5, 5.41) is 4.22. The zero-order chi connectivity index (χ0) is 11.5. The molecule has 1 atom stereocenters. The molecule has 1 heterocycles. The lowest BCUT2D eigenvalue weighted by molar-refractivity contribution is 0.199. The van der Waals surface area contributed by atoms with Gasteiger partial charge in [0.15, 0.2) is 0 Å². The lowest BCUT2D eigenvalue weighted by Gasteiger charge is -2.31. The van der Waals surface area contributed by atoms with Crippen molar-refractivity contribution in [2.24, 2.45) is 0 Å². The molecular weight excluding hydrogens is 288 g/mol. The molecule has 1 saturated heterocycles. The SMILES string of the molecule is C[C@H]1CN(Cc2ccc(Cl)c(Br)c2)CCN1. The third kappa shape index (κ3) is 3.20. The van der Waals surface area contributed by atoms with Crippen molar-refractivity contribution in [1.29, 1.82) is 0 Å². The molecule has 1 fully saturated rings. The number of halogens is 2. The molecule has 4 heteroatoms. The molecule has 2 nitrogen and oxygen atoms in total. The van der Waals surface area contributed by atoms with E-state index in [-0.39, 0.29) is 0 Å². The average Bonchev–Trinajstić information content (AvgIpc) is 2.24. The van der Waals surface area contributed by atoms with E-state index in [1.54, 1.807) is 0 Å². The van der Waals surface area contributed by atoms with E-state index in [4.69, 9.17) is 11.6 Å². The molecule has 1 N–H and O–H groups in total. The molecule has 2 rings (SSSR count). The first-order chi connectivity index (χ1) is 7.65. The molecule has 0 amide bonds. The lowest BCUT2D eigenvalue weighted by atomic mass is 10.1. The number of nitrogens with one attached hydrogen (secondary N) is 1. The molecule has 0 unspecified atom stereocenters. The maximum absolute atomic E-state index is 5.98. The molecular formula is C12H16BrClN2. The van der Waals surface area contributed by atoms with Crippen LogP contribution in [0.3, 0.4) is 0 Å². The van der Waals surface area contributed by atoms with E-state index in [1.165, 1.54) is 5.56 Å². The van der Waals surface area contributed by atoms with Crippen LogP contribution in [-0.4, -0.2) is 30.6 Å². The largest absolute Gasteiger partial charge is 0.312 e. The van der Waals surface area contributed by atoms with Crippen molar-refractivity contribution in [1.82, 2.24) is 10.2 Å². The molecule has 88 valence electrons. The van der Waals surface area contributed by atoms with E-state index in [0.29, 0.717) is 6.04 Å². The molecule has 1 aliphatic rings. The third-order valence-corrected chi connectivity index (χ3v) is 4.06. The van der Waals surface area contributed by atoms with Crippen LogP contribution in [0, 0.1) is 0 Å². The lowest BCUT2D eigenvalue weighted by Crippen LogP contribution is -2.48. The molecule has 1 aromatic rings. The fourth-order valence-corrected chi connectivity index (χ4v) is 2.60. The number of hydrogen-bond acceptors (Lipinski definition) is 2.